The molecule has 0 atom stereocenters. The molecule has 0 spiro atoms. The summed E-state index contributed by atoms with van der Waals surface area (Å²) < 4.78 is 0. The standard InChI is InChI=1S/C3H12P2SSi/c1-7(2,3)6(4)5/h4-6H,1-3H3. The Balaban J connectivity index is 4.08. The van der Waals surface area contributed by atoms with E-state index < -0.39 is 7.22 Å². The van der Waals surface area contributed by atoms with E-state index in [1.165, 1.54) is 0 Å². The molecular weight excluding hydrogens is 158 g/mol. The van der Waals surface area contributed by atoms with E-state index in [1.54, 1.807) is 0 Å². The first-order valence-corrected chi connectivity index (χ1v) is 10.5. The maximum Gasteiger partial charge on any atom is 0.102 e. The predicted molar refractivity (Wildman–Crippen MR) is 48.7 cm³/mol. The summed E-state index contributed by atoms with van der Waals surface area (Å²) in [5, 5.41) is 0. The molecule has 0 nitrogen and oxygen atoms in total. The highest BCUT2D eigenvalue weighted by atomic mass is 32.8. The Morgan fingerprint density at radius 3 is 1.29 bits per heavy atom. The third-order valence-electron chi connectivity index (χ3n) is 0.671. The van der Waals surface area contributed by atoms with Gasteiger partial charge in [0.25, 0.3) is 0 Å². The summed E-state index contributed by atoms with van der Waals surface area (Å²) >= 11 is 0. The summed E-state index contributed by atoms with van der Waals surface area (Å²) in [6.45, 7) is 7.00. The fourth-order valence-corrected chi connectivity index (χ4v) is 0. The average Bonchev–Trinajstić information content (AvgIpc) is 1.31. The van der Waals surface area contributed by atoms with Crippen molar-refractivity contribution < 1.29 is 0 Å². The lowest BCUT2D eigenvalue weighted by molar-refractivity contribution is 1.88. The molecule has 44 valence electrons. The second-order valence-corrected chi connectivity index (χ2v) is 19.6. The Bertz CT molecular complexity index is 113. The van der Waals surface area contributed by atoms with Crippen molar-refractivity contribution in [2.24, 2.45) is 0 Å². The van der Waals surface area contributed by atoms with Gasteiger partial charge in [-0.05, 0) is 0 Å². The molecule has 0 aromatic rings. The van der Waals surface area contributed by atoms with Gasteiger partial charge in [-0.3, -0.25) is 0 Å². The third kappa shape index (κ3) is 3.73. The fraction of sp³-hybridized carbons (Fsp3) is 1.00. The molecule has 0 rings (SSSR count). The molecule has 0 radical (unpaired) electrons. The maximum absolute atomic E-state index is 3.58. The highest BCUT2D eigenvalue weighted by molar-refractivity contribution is 8.47. The molecule has 0 N–H and O–H groups in total. The van der Waals surface area contributed by atoms with Crippen LogP contribution in [-0.4, -0.2) is 7.22 Å². The zero-order chi connectivity index (χ0) is 6.08. The molecule has 0 amide bonds. The largest absolute Gasteiger partial charge is 0.192 e. The number of rotatable bonds is 1. The molecule has 0 saturated heterocycles. The zero-order valence-electron chi connectivity index (χ0n) is 4.95. The topological polar surface area (TPSA) is 0 Å². The minimum Gasteiger partial charge on any atom is -0.192 e. The minimum atomic E-state index is -0.843. The highest BCUT2D eigenvalue weighted by Crippen LogP contribution is 2.06. The lowest BCUT2D eigenvalue weighted by Crippen LogP contribution is -2.18. The molecule has 0 aromatic heterocycles. The molecule has 0 aliphatic carbocycles. The fourth-order valence-electron chi connectivity index (χ4n) is 0. The van der Waals surface area contributed by atoms with Crippen LogP contribution in [0, 0.1) is 0 Å². The molecule has 7 heavy (non-hydrogen) atoms. The van der Waals surface area contributed by atoms with Crippen LogP contribution in [0.15, 0.2) is 0 Å². The minimum absolute atomic E-state index is 0.00849. The van der Waals surface area contributed by atoms with E-state index in [9.17, 15) is 0 Å². The van der Waals surface area contributed by atoms with Crippen LogP contribution in [0.3, 0.4) is 0 Å². The molecule has 0 fully saturated rings. The smallest absolute Gasteiger partial charge is 0.102 e. The van der Waals surface area contributed by atoms with Crippen LogP contribution in [0.2, 0.25) is 19.6 Å². The van der Waals surface area contributed by atoms with Crippen LogP contribution < -0.4 is 0 Å². The van der Waals surface area contributed by atoms with Crippen LogP contribution in [-0.2, 0) is 8.70 Å². The van der Waals surface area contributed by atoms with Gasteiger partial charge in [-0.1, -0.05) is 19.6 Å². The SMILES string of the molecule is C[Si](C)(C)[SH](=P)=P. The van der Waals surface area contributed by atoms with E-state index in [-0.39, 0.29) is 8.70 Å². The summed E-state index contributed by atoms with van der Waals surface area (Å²) in [5.74, 6) is 0. The van der Waals surface area contributed by atoms with Gasteiger partial charge in [0.2, 0.25) is 0 Å². The first-order chi connectivity index (χ1) is 2.94. The molecular formula is C3H12P2SSi. The van der Waals surface area contributed by atoms with E-state index in [0.29, 0.717) is 0 Å². The van der Waals surface area contributed by atoms with Crippen molar-refractivity contribution in [3.63, 3.8) is 0 Å². The molecule has 0 bridgehead atoms. The second-order valence-electron chi connectivity index (χ2n) is 2.51. The predicted octanol–water partition coefficient (Wildman–Crippen LogP) is 2.29. The van der Waals surface area contributed by atoms with Gasteiger partial charge in [-0.2, -0.15) is 8.70 Å². The number of thiol groups is 1. The summed E-state index contributed by atoms with van der Waals surface area (Å²) in [6.07, 6.45) is 0. The number of hydrogen-bond donors (Lipinski definition) is 1. The van der Waals surface area contributed by atoms with E-state index in [1.807, 2.05) is 0 Å². The van der Waals surface area contributed by atoms with Crippen LogP contribution in [0.5, 0.6) is 0 Å². The van der Waals surface area contributed by atoms with Gasteiger partial charge in [0.05, 0.1) is 0 Å². The van der Waals surface area contributed by atoms with Gasteiger partial charge >= 0.3 is 0 Å². The lowest BCUT2D eigenvalue weighted by atomic mass is 11.8. The highest BCUT2D eigenvalue weighted by Gasteiger charge is 2.07. The average molecular weight is 170 g/mol. The summed E-state index contributed by atoms with van der Waals surface area (Å²) in [7, 11) is 6.33. The first-order valence-electron chi connectivity index (χ1n) is 2.17. The monoisotopic (exact) mass is 170 g/mol. The van der Waals surface area contributed by atoms with Crippen molar-refractivity contribution in [3.05, 3.63) is 0 Å². The van der Waals surface area contributed by atoms with E-state index in [0.717, 1.165) is 0 Å². The van der Waals surface area contributed by atoms with Crippen LogP contribution in [0.4, 0.5) is 0 Å². The van der Waals surface area contributed by atoms with Crippen LogP contribution in [0.1, 0.15) is 0 Å². The van der Waals surface area contributed by atoms with Crippen molar-refractivity contribution in [2.45, 2.75) is 19.6 Å². The van der Waals surface area contributed by atoms with Crippen LogP contribution >= 0.6 is 16.0 Å². The van der Waals surface area contributed by atoms with Gasteiger partial charge in [-0.25, -0.2) is 0 Å². The van der Waals surface area contributed by atoms with Crippen LogP contribution in [0.25, 0.3) is 0 Å². The van der Waals surface area contributed by atoms with Gasteiger partial charge in [0, 0.05) is 0 Å². The Kier molecular flexibility index (Phi) is 3.08. The van der Waals surface area contributed by atoms with Gasteiger partial charge in [-0.15, -0.1) is 16.0 Å². The molecule has 0 saturated carbocycles. The molecule has 0 unspecified atom stereocenters. The Morgan fingerprint density at radius 2 is 1.29 bits per heavy atom. The number of hydrogen-bond acceptors (Lipinski definition) is 0. The molecule has 4 heteroatoms. The van der Waals surface area contributed by atoms with Crippen molar-refractivity contribution >= 4 is 32.0 Å². The quantitative estimate of drug-likeness (QED) is 0.348. The van der Waals surface area contributed by atoms with E-state index in [4.69, 9.17) is 0 Å². The zero-order valence-corrected chi connectivity index (χ0v) is 8.84. The summed E-state index contributed by atoms with van der Waals surface area (Å²) in [4.78, 5) is 0. The first kappa shape index (κ1) is 8.17. The van der Waals surface area contributed by atoms with Gasteiger partial charge in [0.15, 0.2) is 0 Å². The Morgan fingerprint density at radius 1 is 1.14 bits per heavy atom. The summed E-state index contributed by atoms with van der Waals surface area (Å²) in [5.41, 5.74) is 0. The van der Waals surface area contributed by atoms with Crippen molar-refractivity contribution in [3.8, 4) is 0 Å². The molecule has 0 aliphatic heterocycles. The van der Waals surface area contributed by atoms with Crippen molar-refractivity contribution in [2.75, 3.05) is 0 Å². The molecule has 0 heterocycles. The Labute approximate surface area is 52.0 Å². The Hall–Kier alpha value is 1.17. The third-order valence-corrected chi connectivity index (χ3v) is 18.1. The normalized spacial score (nSPS) is 12.6. The van der Waals surface area contributed by atoms with E-state index >= 15 is 0 Å². The summed E-state index contributed by atoms with van der Waals surface area (Å²) in [6, 6.07) is 0. The lowest BCUT2D eigenvalue weighted by Gasteiger charge is -2.09. The van der Waals surface area contributed by atoms with E-state index in [2.05, 4.69) is 35.7 Å². The van der Waals surface area contributed by atoms with Gasteiger partial charge in [0.1, 0.15) is 7.22 Å². The second kappa shape index (κ2) is 2.64. The maximum atomic E-state index is 3.58. The van der Waals surface area contributed by atoms with Crippen molar-refractivity contribution in [1.29, 1.82) is 0 Å². The molecule has 0 aromatic carbocycles. The van der Waals surface area contributed by atoms with Gasteiger partial charge < -0.3 is 0 Å². The molecule has 0 aliphatic rings. The van der Waals surface area contributed by atoms with Crippen molar-refractivity contribution in [1.82, 2.24) is 0 Å².